The third-order valence-electron chi connectivity index (χ3n) is 2.38. The number of rotatable bonds is 5. The van der Waals surface area contributed by atoms with Crippen molar-refractivity contribution in [1.82, 2.24) is 0 Å². The molecule has 0 aliphatic carbocycles. The highest BCUT2D eigenvalue weighted by molar-refractivity contribution is 5.22. The van der Waals surface area contributed by atoms with Gasteiger partial charge in [0.05, 0.1) is 12.6 Å². The first-order valence-electron chi connectivity index (χ1n) is 5.28. The van der Waals surface area contributed by atoms with Crippen molar-refractivity contribution in [2.45, 2.75) is 18.1 Å². The molecular formula is C11H10F7NO. The first-order chi connectivity index (χ1) is 9.06. The molecule has 20 heavy (non-hydrogen) atoms. The molecule has 0 bridgehead atoms. The Hall–Kier alpha value is -1.35. The average Bonchev–Trinajstić information content (AvgIpc) is 2.30. The Morgan fingerprint density at radius 2 is 1.70 bits per heavy atom. The molecule has 1 rings (SSSR count). The summed E-state index contributed by atoms with van der Waals surface area (Å²) in [5.74, 6) is -7.54. The monoisotopic (exact) mass is 305 g/mol. The van der Waals surface area contributed by atoms with Crippen molar-refractivity contribution < 1.29 is 35.5 Å². The Morgan fingerprint density at radius 3 is 2.25 bits per heavy atom. The molecule has 0 amide bonds. The number of hydrogen-bond acceptors (Lipinski definition) is 2. The van der Waals surface area contributed by atoms with Gasteiger partial charge in [0, 0.05) is 5.56 Å². The quantitative estimate of drug-likeness (QED) is 0.848. The van der Waals surface area contributed by atoms with E-state index in [0.717, 1.165) is 18.2 Å². The summed E-state index contributed by atoms with van der Waals surface area (Å²) in [5.41, 5.74) is 4.97. The number of ether oxygens (including phenoxy) is 1. The second-order valence-corrected chi connectivity index (χ2v) is 3.97. The minimum atomic E-state index is -5.75. The van der Waals surface area contributed by atoms with Gasteiger partial charge in [-0.2, -0.15) is 22.0 Å². The summed E-state index contributed by atoms with van der Waals surface area (Å²) in [6.07, 6.45) is -5.75. The van der Waals surface area contributed by atoms with Crippen molar-refractivity contribution in [2.24, 2.45) is 5.73 Å². The van der Waals surface area contributed by atoms with Gasteiger partial charge >= 0.3 is 12.1 Å². The molecule has 0 fully saturated rings. The molecule has 2 N–H and O–H groups in total. The fraction of sp³-hybridized carbons (Fsp3) is 0.455. The van der Waals surface area contributed by atoms with Crippen LogP contribution in [0.3, 0.4) is 0 Å². The van der Waals surface area contributed by atoms with Crippen LogP contribution in [0.5, 0.6) is 0 Å². The zero-order valence-corrected chi connectivity index (χ0v) is 9.85. The highest BCUT2D eigenvalue weighted by Gasteiger charge is 2.57. The van der Waals surface area contributed by atoms with Crippen molar-refractivity contribution in [1.29, 1.82) is 0 Å². The average molecular weight is 305 g/mol. The summed E-state index contributed by atoms with van der Waals surface area (Å²) in [4.78, 5) is 0. The number of nitrogens with two attached hydrogens (primary N) is 1. The Kier molecular flexibility index (Phi) is 4.98. The molecule has 1 unspecified atom stereocenters. The van der Waals surface area contributed by atoms with Gasteiger partial charge in [0.1, 0.15) is 6.61 Å². The fourth-order valence-electron chi connectivity index (χ4n) is 1.29. The Labute approximate surface area is 109 Å². The molecule has 0 radical (unpaired) electrons. The van der Waals surface area contributed by atoms with Gasteiger partial charge in [-0.25, -0.2) is 8.78 Å². The van der Waals surface area contributed by atoms with E-state index in [1.807, 2.05) is 0 Å². The first kappa shape index (κ1) is 16.7. The van der Waals surface area contributed by atoms with Gasteiger partial charge in [-0.1, -0.05) is 12.1 Å². The largest absolute Gasteiger partial charge is 0.455 e. The van der Waals surface area contributed by atoms with Gasteiger partial charge in [-0.15, -0.1) is 0 Å². The third kappa shape index (κ3) is 3.83. The Balaban J connectivity index is 2.61. The SMILES string of the molecule is NC(COCC(F)(F)C(F)(F)F)c1cccc(F)c1F. The summed E-state index contributed by atoms with van der Waals surface area (Å²) >= 11 is 0. The van der Waals surface area contributed by atoms with Gasteiger partial charge in [0.2, 0.25) is 0 Å². The number of halogens is 7. The lowest BCUT2D eigenvalue weighted by Gasteiger charge is -2.20. The predicted octanol–water partition coefficient (Wildman–Crippen LogP) is 3.18. The van der Waals surface area contributed by atoms with Crippen molar-refractivity contribution >= 4 is 0 Å². The van der Waals surface area contributed by atoms with Crippen LogP contribution in [0.2, 0.25) is 0 Å². The Morgan fingerprint density at radius 1 is 1.10 bits per heavy atom. The smallest absolute Gasteiger partial charge is 0.373 e. The van der Waals surface area contributed by atoms with Gasteiger partial charge < -0.3 is 10.5 Å². The minimum Gasteiger partial charge on any atom is -0.373 e. The molecule has 0 heterocycles. The summed E-state index contributed by atoms with van der Waals surface area (Å²) in [6, 6.07) is 1.64. The van der Waals surface area contributed by atoms with Crippen molar-refractivity contribution in [3.05, 3.63) is 35.4 Å². The van der Waals surface area contributed by atoms with Crippen LogP contribution in [-0.2, 0) is 4.74 Å². The molecule has 9 heteroatoms. The van der Waals surface area contributed by atoms with Gasteiger partial charge in [0.25, 0.3) is 0 Å². The maximum Gasteiger partial charge on any atom is 0.455 e. The lowest BCUT2D eigenvalue weighted by Crippen LogP contribution is -2.41. The number of hydrogen-bond donors (Lipinski definition) is 1. The molecular weight excluding hydrogens is 295 g/mol. The Bertz CT molecular complexity index is 461. The molecule has 0 spiro atoms. The zero-order valence-electron chi connectivity index (χ0n) is 9.85. The van der Waals surface area contributed by atoms with Crippen molar-refractivity contribution in [3.63, 3.8) is 0 Å². The highest BCUT2D eigenvalue weighted by atomic mass is 19.4. The maximum absolute atomic E-state index is 13.3. The highest BCUT2D eigenvalue weighted by Crippen LogP contribution is 2.35. The third-order valence-corrected chi connectivity index (χ3v) is 2.38. The standard InChI is InChI=1S/C11H10F7NO/c12-7-3-1-2-6(9(7)13)8(19)4-20-5-10(14,15)11(16,17)18/h1-3,8H,4-5,19H2. The van der Waals surface area contributed by atoms with Gasteiger partial charge in [-0.3, -0.25) is 0 Å². The number of benzene rings is 1. The van der Waals surface area contributed by atoms with E-state index in [1.54, 1.807) is 0 Å². The summed E-state index contributed by atoms with van der Waals surface area (Å²) in [6.45, 7) is -2.76. The first-order valence-corrected chi connectivity index (χ1v) is 5.28. The molecule has 1 aromatic carbocycles. The molecule has 0 aliphatic heterocycles. The molecule has 1 atom stereocenters. The molecule has 0 aliphatic rings. The topological polar surface area (TPSA) is 35.2 Å². The molecule has 1 aromatic rings. The van der Waals surface area contributed by atoms with Crippen molar-refractivity contribution in [3.8, 4) is 0 Å². The molecule has 0 saturated carbocycles. The van der Waals surface area contributed by atoms with Crippen molar-refractivity contribution in [2.75, 3.05) is 13.2 Å². The molecule has 114 valence electrons. The van der Waals surface area contributed by atoms with E-state index < -0.39 is 43.0 Å². The van der Waals surface area contributed by atoms with E-state index in [2.05, 4.69) is 4.74 Å². The minimum absolute atomic E-state index is 0.375. The summed E-state index contributed by atoms with van der Waals surface area (Å²) < 4.78 is 90.8. The van der Waals surface area contributed by atoms with Crippen LogP contribution < -0.4 is 5.73 Å². The molecule has 2 nitrogen and oxygen atoms in total. The lowest BCUT2D eigenvalue weighted by atomic mass is 10.1. The van der Waals surface area contributed by atoms with E-state index in [9.17, 15) is 30.7 Å². The second-order valence-electron chi connectivity index (χ2n) is 3.97. The van der Waals surface area contributed by atoms with Crippen LogP contribution >= 0.6 is 0 Å². The number of alkyl halides is 5. The summed E-state index contributed by atoms with van der Waals surface area (Å²) in [7, 11) is 0. The summed E-state index contributed by atoms with van der Waals surface area (Å²) in [5, 5.41) is 0. The van der Waals surface area contributed by atoms with Crippen LogP contribution in [0.25, 0.3) is 0 Å². The molecule has 0 aromatic heterocycles. The fourth-order valence-corrected chi connectivity index (χ4v) is 1.29. The van der Waals surface area contributed by atoms with Crippen LogP contribution in [0, 0.1) is 11.6 Å². The van der Waals surface area contributed by atoms with Crippen LogP contribution in [-0.4, -0.2) is 25.3 Å². The maximum atomic E-state index is 13.3. The zero-order chi connectivity index (χ0) is 15.6. The van der Waals surface area contributed by atoms with Crippen LogP contribution in [0.4, 0.5) is 30.7 Å². The van der Waals surface area contributed by atoms with E-state index in [0.29, 0.717) is 0 Å². The second kappa shape index (κ2) is 5.96. The van der Waals surface area contributed by atoms with Crippen LogP contribution in [0.1, 0.15) is 11.6 Å². The molecule has 0 saturated heterocycles. The van der Waals surface area contributed by atoms with E-state index in [-0.39, 0.29) is 5.56 Å². The van der Waals surface area contributed by atoms with Crippen LogP contribution in [0.15, 0.2) is 18.2 Å². The lowest BCUT2D eigenvalue weighted by molar-refractivity contribution is -0.297. The van der Waals surface area contributed by atoms with Gasteiger partial charge in [0.15, 0.2) is 11.6 Å². The van der Waals surface area contributed by atoms with E-state index in [1.165, 1.54) is 0 Å². The predicted molar refractivity (Wildman–Crippen MR) is 55.1 cm³/mol. The van der Waals surface area contributed by atoms with E-state index >= 15 is 0 Å². The normalized spacial score (nSPS) is 14.4. The van der Waals surface area contributed by atoms with E-state index in [4.69, 9.17) is 5.73 Å². The van der Waals surface area contributed by atoms with Gasteiger partial charge in [-0.05, 0) is 6.07 Å².